The fourth-order valence-electron chi connectivity index (χ4n) is 1.46. The van der Waals surface area contributed by atoms with Crippen LogP contribution in [0.4, 0.5) is 0 Å². The third-order valence-electron chi connectivity index (χ3n) is 2.07. The molecule has 1 fully saturated rings. The number of carbonyl (C=O) groups excluding carboxylic acids is 1. The molecule has 1 heterocycles. The van der Waals surface area contributed by atoms with Crippen LogP contribution in [0.1, 0.15) is 19.8 Å². The van der Waals surface area contributed by atoms with Gasteiger partial charge in [-0.2, -0.15) is 0 Å². The molecule has 0 aromatic heterocycles. The Kier molecular flexibility index (Phi) is 3.52. The van der Waals surface area contributed by atoms with Crippen LogP contribution in [0.25, 0.3) is 0 Å². The van der Waals surface area contributed by atoms with E-state index in [1.54, 1.807) is 0 Å². The number of nitrogens with zero attached hydrogens (tertiary/aromatic N) is 1. The first-order chi connectivity index (χ1) is 5.38. The van der Waals surface area contributed by atoms with Crippen molar-refractivity contribution in [3.63, 3.8) is 0 Å². The highest BCUT2D eigenvalue weighted by Gasteiger charge is 2.19. The Labute approximate surface area is 67.8 Å². The molecule has 1 aliphatic heterocycles. The van der Waals surface area contributed by atoms with Crippen LogP contribution in [-0.2, 0) is 4.79 Å². The molecule has 3 nitrogen and oxygen atoms in total. The van der Waals surface area contributed by atoms with Crippen molar-refractivity contribution in [2.45, 2.75) is 25.8 Å². The van der Waals surface area contributed by atoms with E-state index in [0.717, 1.165) is 38.9 Å². The van der Waals surface area contributed by atoms with Crippen LogP contribution in [0.5, 0.6) is 0 Å². The summed E-state index contributed by atoms with van der Waals surface area (Å²) in [5.74, 6) is 0. The quantitative estimate of drug-likeness (QED) is 0.593. The Morgan fingerprint density at radius 3 is 3.18 bits per heavy atom. The summed E-state index contributed by atoms with van der Waals surface area (Å²) >= 11 is 0. The van der Waals surface area contributed by atoms with Crippen LogP contribution in [0.3, 0.4) is 0 Å². The summed E-state index contributed by atoms with van der Waals surface area (Å²) in [4.78, 5) is 12.8. The number of rotatable bonds is 3. The minimum absolute atomic E-state index is 0.163. The van der Waals surface area contributed by atoms with E-state index < -0.39 is 0 Å². The Bertz CT molecular complexity index is 125. The molecule has 0 aliphatic carbocycles. The second kappa shape index (κ2) is 4.46. The van der Waals surface area contributed by atoms with E-state index in [1.807, 2.05) is 0 Å². The molecule has 1 N–H and O–H groups in total. The molecular formula is C8H16N2O. The van der Waals surface area contributed by atoms with Crippen molar-refractivity contribution in [2.75, 3.05) is 19.8 Å². The van der Waals surface area contributed by atoms with Crippen molar-refractivity contribution in [3.05, 3.63) is 0 Å². The molecule has 3 heteroatoms. The van der Waals surface area contributed by atoms with Crippen LogP contribution in [-0.4, -0.2) is 37.0 Å². The second-order valence-electron chi connectivity index (χ2n) is 2.96. The van der Waals surface area contributed by atoms with Gasteiger partial charge in [-0.3, -0.25) is 4.90 Å². The third-order valence-corrected chi connectivity index (χ3v) is 2.07. The number of hydrogen-bond donors (Lipinski definition) is 1. The zero-order chi connectivity index (χ0) is 8.10. The molecule has 0 spiro atoms. The minimum Gasteiger partial charge on any atom is -0.304 e. The molecule has 0 amide bonds. The van der Waals surface area contributed by atoms with Gasteiger partial charge in [0.2, 0.25) is 0 Å². The first-order valence-corrected chi connectivity index (χ1v) is 4.28. The molecule has 1 rings (SSSR count). The Balaban J connectivity index is 2.37. The van der Waals surface area contributed by atoms with Crippen LogP contribution >= 0.6 is 0 Å². The van der Waals surface area contributed by atoms with Gasteiger partial charge in [0, 0.05) is 6.67 Å². The Morgan fingerprint density at radius 1 is 1.73 bits per heavy atom. The maximum Gasteiger partial charge on any atom is 0.137 e. The van der Waals surface area contributed by atoms with Crippen LogP contribution in [0.15, 0.2) is 0 Å². The van der Waals surface area contributed by atoms with Crippen molar-refractivity contribution in [1.29, 1.82) is 0 Å². The van der Waals surface area contributed by atoms with E-state index in [0.29, 0.717) is 0 Å². The van der Waals surface area contributed by atoms with Gasteiger partial charge in [-0.05, 0) is 25.9 Å². The van der Waals surface area contributed by atoms with Crippen molar-refractivity contribution in [1.82, 2.24) is 10.2 Å². The van der Waals surface area contributed by atoms with Gasteiger partial charge < -0.3 is 10.1 Å². The second-order valence-corrected chi connectivity index (χ2v) is 2.96. The lowest BCUT2D eigenvalue weighted by Crippen LogP contribution is -2.49. The van der Waals surface area contributed by atoms with Crippen LogP contribution in [0, 0.1) is 0 Å². The fourth-order valence-corrected chi connectivity index (χ4v) is 1.46. The van der Waals surface area contributed by atoms with Gasteiger partial charge in [0.15, 0.2) is 0 Å². The van der Waals surface area contributed by atoms with E-state index >= 15 is 0 Å². The standard InChI is InChI=1S/C8H16N2O/c1-2-5-10-7-9-4-3-8(10)6-11/h6,8-9H,2-5,7H2,1H3. The molecule has 0 radical (unpaired) electrons. The van der Waals surface area contributed by atoms with Crippen molar-refractivity contribution in [3.8, 4) is 0 Å². The third kappa shape index (κ3) is 2.27. The van der Waals surface area contributed by atoms with E-state index in [9.17, 15) is 4.79 Å². The molecule has 1 atom stereocenters. The van der Waals surface area contributed by atoms with Gasteiger partial charge in [0.25, 0.3) is 0 Å². The summed E-state index contributed by atoms with van der Waals surface area (Å²) in [7, 11) is 0. The summed E-state index contributed by atoms with van der Waals surface area (Å²) in [6, 6.07) is 0.163. The molecule has 1 unspecified atom stereocenters. The normalized spacial score (nSPS) is 26.8. The Morgan fingerprint density at radius 2 is 2.55 bits per heavy atom. The molecule has 1 aliphatic rings. The van der Waals surface area contributed by atoms with E-state index in [-0.39, 0.29) is 6.04 Å². The van der Waals surface area contributed by atoms with Crippen molar-refractivity contribution >= 4 is 6.29 Å². The Hall–Kier alpha value is -0.410. The highest BCUT2D eigenvalue weighted by atomic mass is 16.1. The van der Waals surface area contributed by atoms with Gasteiger partial charge in [-0.1, -0.05) is 6.92 Å². The van der Waals surface area contributed by atoms with Crippen LogP contribution < -0.4 is 5.32 Å². The van der Waals surface area contributed by atoms with Crippen molar-refractivity contribution in [2.24, 2.45) is 0 Å². The summed E-state index contributed by atoms with van der Waals surface area (Å²) in [6.07, 6.45) is 3.14. The average molecular weight is 156 g/mol. The van der Waals surface area contributed by atoms with E-state index in [2.05, 4.69) is 17.1 Å². The van der Waals surface area contributed by atoms with Gasteiger partial charge in [0.1, 0.15) is 6.29 Å². The molecule has 0 aromatic carbocycles. The largest absolute Gasteiger partial charge is 0.304 e. The highest BCUT2D eigenvalue weighted by Crippen LogP contribution is 2.05. The average Bonchev–Trinajstić information content (AvgIpc) is 2.06. The lowest BCUT2D eigenvalue weighted by molar-refractivity contribution is -0.113. The van der Waals surface area contributed by atoms with Gasteiger partial charge in [0.05, 0.1) is 6.04 Å². The molecular weight excluding hydrogens is 140 g/mol. The zero-order valence-electron chi connectivity index (χ0n) is 7.05. The first-order valence-electron chi connectivity index (χ1n) is 4.28. The lowest BCUT2D eigenvalue weighted by atomic mass is 10.1. The smallest absolute Gasteiger partial charge is 0.137 e. The topological polar surface area (TPSA) is 32.3 Å². The van der Waals surface area contributed by atoms with Gasteiger partial charge in [-0.15, -0.1) is 0 Å². The predicted octanol–water partition coefficient (Wildman–Crippen LogP) is 0.217. The number of hydrogen-bond acceptors (Lipinski definition) is 3. The monoisotopic (exact) mass is 156 g/mol. The maximum absolute atomic E-state index is 10.6. The molecule has 1 saturated heterocycles. The summed E-state index contributed by atoms with van der Waals surface area (Å²) in [5.41, 5.74) is 0. The SMILES string of the molecule is CCCN1CNCCC1C=O. The number of aldehydes is 1. The highest BCUT2D eigenvalue weighted by molar-refractivity contribution is 5.57. The van der Waals surface area contributed by atoms with Crippen molar-refractivity contribution < 1.29 is 4.79 Å². The van der Waals surface area contributed by atoms with E-state index in [1.165, 1.54) is 0 Å². The molecule has 0 bridgehead atoms. The molecule has 0 aromatic rings. The number of carbonyl (C=O) groups is 1. The van der Waals surface area contributed by atoms with E-state index in [4.69, 9.17) is 0 Å². The molecule has 64 valence electrons. The van der Waals surface area contributed by atoms with Gasteiger partial charge in [-0.25, -0.2) is 0 Å². The summed E-state index contributed by atoms with van der Waals surface area (Å²) < 4.78 is 0. The number of nitrogens with one attached hydrogen (secondary N) is 1. The first kappa shape index (κ1) is 8.68. The van der Waals surface area contributed by atoms with Crippen LogP contribution in [0.2, 0.25) is 0 Å². The maximum atomic E-state index is 10.6. The van der Waals surface area contributed by atoms with Gasteiger partial charge >= 0.3 is 0 Å². The minimum atomic E-state index is 0.163. The molecule has 11 heavy (non-hydrogen) atoms. The summed E-state index contributed by atoms with van der Waals surface area (Å²) in [6.45, 7) is 5.01. The zero-order valence-corrected chi connectivity index (χ0v) is 7.05. The summed E-state index contributed by atoms with van der Waals surface area (Å²) in [5, 5.41) is 3.25. The lowest BCUT2D eigenvalue weighted by Gasteiger charge is -2.32. The molecule has 0 saturated carbocycles. The predicted molar refractivity (Wildman–Crippen MR) is 44.3 cm³/mol. The fraction of sp³-hybridized carbons (Fsp3) is 0.875.